The van der Waals surface area contributed by atoms with Gasteiger partial charge in [0.15, 0.2) is 0 Å². The highest BCUT2D eigenvalue weighted by atomic mass is 32.2. The molecule has 1 aliphatic rings. The monoisotopic (exact) mass is 358 g/mol. The molecule has 132 valence electrons. The van der Waals surface area contributed by atoms with E-state index in [1.165, 1.54) is 0 Å². The number of amides is 1. The van der Waals surface area contributed by atoms with Crippen molar-refractivity contribution in [3.8, 4) is 0 Å². The van der Waals surface area contributed by atoms with E-state index >= 15 is 0 Å². The van der Waals surface area contributed by atoms with Gasteiger partial charge in [-0.1, -0.05) is 43.7 Å². The molecule has 1 aliphatic heterocycles. The van der Waals surface area contributed by atoms with Gasteiger partial charge >= 0.3 is 5.97 Å². The first-order chi connectivity index (χ1) is 12.1. The van der Waals surface area contributed by atoms with Gasteiger partial charge in [-0.2, -0.15) is 0 Å². The molecule has 2 heterocycles. The van der Waals surface area contributed by atoms with Crippen molar-refractivity contribution in [3.05, 3.63) is 59.9 Å². The van der Waals surface area contributed by atoms with Crippen molar-refractivity contribution in [2.24, 2.45) is 0 Å². The number of aliphatic carboxylic acids is 1. The topological polar surface area (TPSA) is 62.5 Å². The maximum Gasteiger partial charge on any atom is 0.327 e. The van der Waals surface area contributed by atoms with Gasteiger partial charge in [-0.25, -0.2) is 4.79 Å². The Morgan fingerprint density at radius 2 is 1.96 bits per heavy atom. The van der Waals surface area contributed by atoms with Crippen LogP contribution in [0.5, 0.6) is 0 Å². The van der Waals surface area contributed by atoms with E-state index in [1.54, 1.807) is 22.7 Å². The van der Waals surface area contributed by atoms with Gasteiger partial charge in [0, 0.05) is 18.5 Å². The van der Waals surface area contributed by atoms with E-state index in [1.807, 2.05) is 47.2 Å². The van der Waals surface area contributed by atoms with Crippen LogP contribution >= 0.6 is 11.8 Å². The van der Waals surface area contributed by atoms with Gasteiger partial charge in [0.25, 0.3) is 5.91 Å². The summed E-state index contributed by atoms with van der Waals surface area (Å²) in [5, 5.41) is 9.44. The smallest absolute Gasteiger partial charge is 0.327 e. The molecule has 1 amide bonds. The molecule has 1 aromatic heterocycles. The molecule has 0 saturated carbocycles. The SMILES string of the molecule is CCCC1SCC(C(=O)O)N1C(=O)c1cccn1Cc1ccccc1. The molecule has 0 spiro atoms. The minimum absolute atomic E-state index is 0.0707. The lowest BCUT2D eigenvalue weighted by Crippen LogP contribution is -2.46. The molecule has 0 bridgehead atoms. The van der Waals surface area contributed by atoms with E-state index in [0.717, 1.165) is 18.4 Å². The van der Waals surface area contributed by atoms with Crippen molar-refractivity contribution < 1.29 is 14.7 Å². The zero-order valence-electron chi connectivity index (χ0n) is 14.2. The number of carbonyl (C=O) groups excluding carboxylic acids is 1. The Hall–Kier alpha value is -2.21. The fraction of sp³-hybridized carbons (Fsp3) is 0.368. The van der Waals surface area contributed by atoms with Crippen molar-refractivity contribution in [2.75, 3.05) is 5.75 Å². The lowest BCUT2D eigenvalue weighted by Gasteiger charge is -2.27. The second kappa shape index (κ2) is 7.78. The van der Waals surface area contributed by atoms with Gasteiger partial charge in [-0.3, -0.25) is 4.79 Å². The summed E-state index contributed by atoms with van der Waals surface area (Å²) >= 11 is 1.56. The molecule has 2 atom stereocenters. The van der Waals surface area contributed by atoms with Crippen LogP contribution in [0.25, 0.3) is 0 Å². The van der Waals surface area contributed by atoms with E-state index in [0.29, 0.717) is 18.0 Å². The minimum atomic E-state index is -0.930. The van der Waals surface area contributed by atoms with Crippen LogP contribution < -0.4 is 0 Å². The Bertz CT molecular complexity index is 744. The van der Waals surface area contributed by atoms with Gasteiger partial charge in [0.1, 0.15) is 11.7 Å². The number of carboxylic acids is 1. The first-order valence-electron chi connectivity index (χ1n) is 8.48. The van der Waals surface area contributed by atoms with Crippen LogP contribution in [-0.4, -0.2) is 43.6 Å². The second-order valence-electron chi connectivity index (χ2n) is 6.15. The summed E-state index contributed by atoms with van der Waals surface area (Å²) in [5.74, 6) is -0.678. The summed E-state index contributed by atoms with van der Waals surface area (Å²) in [4.78, 5) is 26.3. The molecule has 3 rings (SSSR count). The molecule has 1 fully saturated rings. The largest absolute Gasteiger partial charge is 0.480 e. The maximum atomic E-state index is 13.1. The van der Waals surface area contributed by atoms with Gasteiger partial charge in [-0.15, -0.1) is 11.8 Å². The van der Waals surface area contributed by atoms with Crippen molar-refractivity contribution in [1.29, 1.82) is 0 Å². The number of carboxylic acid groups (broad SMARTS) is 1. The standard InChI is InChI=1S/C19H22N2O3S/c1-2-7-17-21(16(13-25-17)19(23)24)18(22)15-10-6-11-20(15)12-14-8-4-3-5-9-14/h3-6,8-11,16-17H,2,7,12-13H2,1H3,(H,23,24). The van der Waals surface area contributed by atoms with E-state index < -0.39 is 12.0 Å². The fourth-order valence-electron chi connectivity index (χ4n) is 3.15. The zero-order chi connectivity index (χ0) is 17.8. The van der Waals surface area contributed by atoms with E-state index in [2.05, 4.69) is 6.92 Å². The highest BCUT2D eigenvalue weighted by molar-refractivity contribution is 8.00. The third-order valence-corrected chi connectivity index (χ3v) is 5.75. The molecule has 0 aliphatic carbocycles. The molecule has 1 aromatic carbocycles. The third kappa shape index (κ3) is 3.74. The molecule has 0 radical (unpaired) electrons. The molecule has 25 heavy (non-hydrogen) atoms. The van der Waals surface area contributed by atoms with Gasteiger partial charge in [0.2, 0.25) is 0 Å². The van der Waals surface area contributed by atoms with E-state index in [9.17, 15) is 14.7 Å². The number of benzene rings is 1. The highest BCUT2D eigenvalue weighted by Gasteiger charge is 2.42. The maximum absolute atomic E-state index is 13.1. The Morgan fingerprint density at radius 3 is 2.64 bits per heavy atom. The van der Waals surface area contributed by atoms with Crippen molar-refractivity contribution in [2.45, 2.75) is 37.7 Å². The number of carbonyl (C=O) groups is 2. The normalized spacial score (nSPS) is 20.0. The Balaban J connectivity index is 1.86. The average Bonchev–Trinajstić information content (AvgIpc) is 3.23. The second-order valence-corrected chi connectivity index (χ2v) is 7.36. The Kier molecular flexibility index (Phi) is 5.48. The highest BCUT2D eigenvalue weighted by Crippen LogP contribution is 2.33. The van der Waals surface area contributed by atoms with Crippen LogP contribution in [-0.2, 0) is 11.3 Å². The molecule has 1 N–H and O–H groups in total. The van der Waals surface area contributed by atoms with E-state index in [4.69, 9.17) is 0 Å². The zero-order valence-corrected chi connectivity index (χ0v) is 15.0. The summed E-state index contributed by atoms with van der Waals surface area (Å²) in [7, 11) is 0. The van der Waals surface area contributed by atoms with Crippen LogP contribution in [0.1, 0.15) is 35.8 Å². The summed E-state index contributed by atoms with van der Waals surface area (Å²) < 4.78 is 1.89. The van der Waals surface area contributed by atoms with E-state index in [-0.39, 0.29) is 11.3 Å². The quantitative estimate of drug-likeness (QED) is 0.861. The summed E-state index contributed by atoms with van der Waals surface area (Å²) in [6, 6.07) is 12.8. The summed E-state index contributed by atoms with van der Waals surface area (Å²) in [6.07, 6.45) is 3.59. The minimum Gasteiger partial charge on any atom is -0.480 e. The number of aromatic nitrogens is 1. The van der Waals surface area contributed by atoms with Gasteiger partial charge < -0.3 is 14.6 Å². The number of thioether (sulfide) groups is 1. The van der Waals surface area contributed by atoms with Crippen LogP contribution in [0.2, 0.25) is 0 Å². The number of nitrogens with zero attached hydrogens (tertiary/aromatic N) is 2. The van der Waals surface area contributed by atoms with Gasteiger partial charge in [-0.05, 0) is 24.1 Å². The van der Waals surface area contributed by atoms with Gasteiger partial charge in [0.05, 0.1) is 5.37 Å². The molecule has 2 aromatic rings. The average molecular weight is 358 g/mol. The Labute approximate surface area is 151 Å². The van der Waals surface area contributed by atoms with Crippen LogP contribution in [0.15, 0.2) is 48.7 Å². The molecule has 2 unspecified atom stereocenters. The summed E-state index contributed by atoms with van der Waals surface area (Å²) in [6.45, 7) is 2.64. The van der Waals surface area contributed by atoms with Crippen molar-refractivity contribution >= 4 is 23.6 Å². The van der Waals surface area contributed by atoms with Crippen LogP contribution in [0.3, 0.4) is 0 Å². The fourth-order valence-corrected chi connectivity index (χ4v) is 4.67. The van der Waals surface area contributed by atoms with Crippen LogP contribution in [0.4, 0.5) is 0 Å². The number of hydrogen-bond acceptors (Lipinski definition) is 3. The lowest BCUT2D eigenvalue weighted by atomic mass is 10.2. The molecular formula is C19H22N2O3S. The molecule has 6 heteroatoms. The number of hydrogen-bond donors (Lipinski definition) is 1. The summed E-state index contributed by atoms with van der Waals surface area (Å²) in [5.41, 5.74) is 1.64. The predicted octanol–water partition coefficient (Wildman–Crippen LogP) is 3.30. The predicted molar refractivity (Wildman–Crippen MR) is 98.7 cm³/mol. The molecule has 1 saturated heterocycles. The van der Waals surface area contributed by atoms with Crippen molar-refractivity contribution in [1.82, 2.24) is 9.47 Å². The molecule has 5 nitrogen and oxygen atoms in total. The lowest BCUT2D eigenvalue weighted by molar-refractivity contribution is -0.141. The first kappa shape index (κ1) is 17.6. The van der Waals surface area contributed by atoms with Crippen molar-refractivity contribution in [3.63, 3.8) is 0 Å². The van der Waals surface area contributed by atoms with Crippen LogP contribution in [0, 0.1) is 0 Å². The first-order valence-corrected chi connectivity index (χ1v) is 9.52. The third-order valence-electron chi connectivity index (χ3n) is 4.39. The molecular weight excluding hydrogens is 336 g/mol. The Morgan fingerprint density at radius 1 is 1.20 bits per heavy atom. The number of rotatable bonds is 6.